The van der Waals surface area contributed by atoms with E-state index in [0.717, 1.165) is 17.3 Å². The van der Waals surface area contributed by atoms with Gasteiger partial charge in [-0.15, -0.1) is 0 Å². The van der Waals surface area contributed by atoms with Gasteiger partial charge in [0.1, 0.15) is 0 Å². The number of carbonyl (C=O) groups is 2. The molecule has 1 aliphatic rings. The van der Waals surface area contributed by atoms with E-state index in [-0.39, 0.29) is 16.4 Å². The second-order valence-corrected chi connectivity index (χ2v) is 5.56. The maximum Gasteiger partial charge on any atom is 0.289 e. The molecule has 1 aromatic carbocycles. The van der Waals surface area contributed by atoms with Crippen LogP contribution in [-0.2, 0) is 11.2 Å². The monoisotopic (exact) mass is 265 g/mol. The van der Waals surface area contributed by atoms with Gasteiger partial charge in [0.05, 0.1) is 18.3 Å². The number of thioether (sulfide) groups is 1. The molecule has 0 bridgehead atoms. The minimum atomic E-state index is -0.272. The van der Waals surface area contributed by atoms with Crippen molar-refractivity contribution in [1.29, 1.82) is 0 Å². The van der Waals surface area contributed by atoms with Gasteiger partial charge in [-0.1, -0.05) is 41.6 Å². The van der Waals surface area contributed by atoms with Crippen LogP contribution in [0.5, 0.6) is 0 Å². The second kappa shape index (κ2) is 5.54. The second-order valence-electron chi connectivity index (χ2n) is 4.41. The molecule has 2 rings (SSSR count). The summed E-state index contributed by atoms with van der Waals surface area (Å²) in [5.74, 6) is -0.0748. The van der Waals surface area contributed by atoms with Crippen LogP contribution in [0.25, 0.3) is 0 Å². The number of carbonyl (C=O) groups excluding carboxylic acids is 2. The Kier molecular flexibility index (Phi) is 4.04. The van der Waals surface area contributed by atoms with Crippen LogP contribution in [0.15, 0.2) is 24.3 Å². The summed E-state index contributed by atoms with van der Waals surface area (Å²) in [7, 11) is 0. The highest BCUT2D eigenvalue weighted by atomic mass is 32.2. The van der Waals surface area contributed by atoms with Crippen LogP contribution in [0.2, 0.25) is 0 Å². The Labute approximate surface area is 111 Å². The third-order valence-electron chi connectivity index (χ3n) is 2.93. The standard InChI is InChI=1S/C13H16N2O2S/c1-9-2-4-10(5-3-9)8-11-12(16)15(7-6-14)13(17)18-11/h2-5,11H,6-8,14H2,1H3/p+1. The van der Waals surface area contributed by atoms with Crippen molar-refractivity contribution in [1.82, 2.24) is 4.90 Å². The van der Waals surface area contributed by atoms with Gasteiger partial charge in [0.2, 0.25) is 5.91 Å². The Morgan fingerprint density at radius 1 is 1.28 bits per heavy atom. The van der Waals surface area contributed by atoms with Crippen molar-refractivity contribution in [2.45, 2.75) is 18.6 Å². The molecule has 2 amide bonds. The Balaban J connectivity index is 2.05. The van der Waals surface area contributed by atoms with Crippen LogP contribution in [0.4, 0.5) is 4.79 Å². The van der Waals surface area contributed by atoms with Crippen molar-refractivity contribution >= 4 is 22.9 Å². The molecular weight excluding hydrogens is 248 g/mol. The molecule has 1 atom stereocenters. The van der Waals surface area contributed by atoms with Gasteiger partial charge >= 0.3 is 0 Å². The maximum atomic E-state index is 12.0. The van der Waals surface area contributed by atoms with Crippen molar-refractivity contribution in [2.24, 2.45) is 0 Å². The molecule has 0 aromatic heterocycles. The summed E-state index contributed by atoms with van der Waals surface area (Å²) in [5.41, 5.74) is 5.97. The number of hydrogen-bond acceptors (Lipinski definition) is 3. The predicted octanol–water partition coefficient (Wildman–Crippen LogP) is 0.843. The Morgan fingerprint density at radius 3 is 2.56 bits per heavy atom. The lowest BCUT2D eigenvalue weighted by atomic mass is 10.1. The van der Waals surface area contributed by atoms with E-state index in [1.54, 1.807) is 0 Å². The van der Waals surface area contributed by atoms with Crippen LogP contribution in [-0.4, -0.2) is 34.4 Å². The van der Waals surface area contributed by atoms with Crippen LogP contribution < -0.4 is 5.73 Å². The first-order valence-electron chi connectivity index (χ1n) is 5.98. The van der Waals surface area contributed by atoms with Crippen molar-refractivity contribution in [3.05, 3.63) is 35.4 Å². The van der Waals surface area contributed by atoms with Gasteiger partial charge in [-0.05, 0) is 18.9 Å². The third kappa shape index (κ3) is 2.73. The molecule has 0 saturated carbocycles. The van der Waals surface area contributed by atoms with Gasteiger partial charge in [-0.2, -0.15) is 0 Å². The first-order valence-corrected chi connectivity index (χ1v) is 6.86. The van der Waals surface area contributed by atoms with E-state index in [1.165, 1.54) is 10.5 Å². The molecule has 4 nitrogen and oxygen atoms in total. The Bertz CT molecular complexity index is 459. The summed E-state index contributed by atoms with van der Waals surface area (Å²) in [6, 6.07) is 8.07. The van der Waals surface area contributed by atoms with Crippen LogP contribution in [0.3, 0.4) is 0 Å². The lowest BCUT2D eigenvalue weighted by Gasteiger charge is -2.11. The van der Waals surface area contributed by atoms with E-state index in [2.05, 4.69) is 5.73 Å². The molecule has 1 saturated heterocycles. The molecule has 1 fully saturated rings. The fourth-order valence-electron chi connectivity index (χ4n) is 1.93. The fourth-order valence-corrected chi connectivity index (χ4v) is 2.98. The third-order valence-corrected chi connectivity index (χ3v) is 4.00. The lowest BCUT2D eigenvalue weighted by molar-refractivity contribution is -0.367. The molecule has 96 valence electrons. The first-order chi connectivity index (χ1) is 8.61. The van der Waals surface area contributed by atoms with Gasteiger partial charge in [-0.3, -0.25) is 14.5 Å². The van der Waals surface area contributed by atoms with E-state index < -0.39 is 0 Å². The summed E-state index contributed by atoms with van der Waals surface area (Å²) in [5, 5.41) is -0.410. The normalized spacial score (nSPS) is 19.7. The first kappa shape index (κ1) is 13.1. The van der Waals surface area contributed by atoms with Crippen LogP contribution >= 0.6 is 11.8 Å². The van der Waals surface area contributed by atoms with Crippen molar-refractivity contribution in [3.63, 3.8) is 0 Å². The van der Waals surface area contributed by atoms with Crippen molar-refractivity contribution in [3.8, 4) is 0 Å². The molecule has 18 heavy (non-hydrogen) atoms. The molecule has 1 unspecified atom stereocenters. The number of benzene rings is 1. The lowest BCUT2D eigenvalue weighted by Crippen LogP contribution is -2.55. The molecule has 1 aromatic rings. The molecule has 0 spiro atoms. The minimum absolute atomic E-state index is 0.0748. The zero-order chi connectivity index (χ0) is 13.1. The van der Waals surface area contributed by atoms with E-state index in [0.29, 0.717) is 19.5 Å². The predicted molar refractivity (Wildman–Crippen MR) is 71.1 cm³/mol. The topological polar surface area (TPSA) is 65.0 Å². The number of hydrogen-bond donors (Lipinski definition) is 1. The van der Waals surface area contributed by atoms with E-state index in [9.17, 15) is 9.59 Å². The molecule has 1 heterocycles. The molecule has 3 N–H and O–H groups in total. The maximum absolute atomic E-state index is 12.0. The largest absolute Gasteiger partial charge is 0.356 e. The zero-order valence-electron chi connectivity index (χ0n) is 10.4. The smallest absolute Gasteiger partial charge is 0.289 e. The molecule has 0 aliphatic carbocycles. The van der Waals surface area contributed by atoms with Gasteiger partial charge in [0.25, 0.3) is 5.24 Å². The number of imide groups is 1. The van der Waals surface area contributed by atoms with Crippen LogP contribution in [0.1, 0.15) is 11.1 Å². The van der Waals surface area contributed by atoms with Gasteiger partial charge in [0.15, 0.2) is 0 Å². The number of quaternary nitrogens is 1. The van der Waals surface area contributed by atoms with Crippen molar-refractivity contribution in [2.75, 3.05) is 13.1 Å². The van der Waals surface area contributed by atoms with Crippen molar-refractivity contribution < 1.29 is 15.3 Å². The number of aryl methyl sites for hydroxylation is 1. The molecule has 1 aliphatic heterocycles. The van der Waals surface area contributed by atoms with Gasteiger partial charge < -0.3 is 5.73 Å². The highest BCUT2D eigenvalue weighted by molar-refractivity contribution is 8.15. The average Bonchev–Trinajstić information content (AvgIpc) is 2.60. The summed E-state index contributed by atoms with van der Waals surface area (Å²) in [4.78, 5) is 25.0. The molecule has 5 heteroatoms. The Hall–Kier alpha value is -1.33. The summed E-state index contributed by atoms with van der Waals surface area (Å²) in [6.07, 6.45) is 0.614. The van der Waals surface area contributed by atoms with Gasteiger partial charge in [0, 0.05) is 0 Å². The van der Waals surface area contributed by atoms with E-state index in [4.69, 9.17) is 0 Å². The quantitative estimate of drug-likeness (QED) is 0.877. The zero-order valence-corrected chi connectivity index (χ0v) is 11.2. The number of rotatable bonds is 4. The Morgan fingerprint density at radius 2 is 1.94 bits per heavy atom. The number of nitrogens with zero attached hydrogens (tertiary/aromatic N) is 1. The molecule has 0 radical (unpaired) electrons. The summed E-state index contributed by atoms with van der Waals surface area (Å²) < 4.78 is 0. The average molecular weight is 265 g/mol. The highest BCUT2D eigenvalue weighted by Gasteiger charge is 2.39. The minimum Gasteiger partial charge on any atom is -0.356 e. The number of amides is 2. The summed E-state index contributed by atoms with van der Waals surface area (Å²) in [6.45, 7) is 3.02. The highest BCUT2D eigenvalue weighted by Crippen LogP contribution is 2.29. The van der Waals surface area contributed by atoms with E-state index in [1.807, 2.05) is 31.2 Å². The van der Waals surface area contributed by atoms with Crippen LogP contribution in [0, 0.1) is 6.92 Å². The fraction of sp³-hybridized carbons (Fsp3) is 0.385. The van der Waals surface area contributed by atoms with E-state index >= 15 is 0 Å². The molecular formula is C13H17N2O2S+. The van der Waals surface area contributed by atoms with Gasteiger partial charge in [-0.25, -0.2) is 0 Å². The SMILES string of the molecule is Cc1ccc(CC2SC(=O)N(CC[NH3+])C2=O)cc1. The summed E-state index contributed by atoms with van der Waals surface area (Å²) >= 11 is 1.13.